The molecule has 102 valence electrons. The monoisotopic (exact) mass is 272 g/mol. The van der Waals surface area contributed by atoms with Gasteiger partial charge in [0, 0.05) is 24.8 Å². The molecular weight excluding hydrogens is 252 g/mol. The average Bonchev–Trinajstić information content (AvgIpc) is 2.96. The Morgan fingerprint density at radius 3 is 2.78 bits per heavy atom. The van der Waals surface area contributed by atoms with Gasteiger partial charge in [0.15, 0.2) is 0 Å². The Hall–Kier alpha value is -1.08. The van der Waals surface area contributed by atoms with Crippen LogP contribution < -0.4 is 10.0 Å². The second-order valence-corrected chi connectivity index (χ2v) is 6.79. The summed E-state index contributed by atoms with van der Waals surface area (Å²) in [7, 11) is -3.28. The van der Waals surface area contributed by atoms with Crippen molar-refractivity contribution in [3.63, 3.8) is 0 Å². The van der Waals surface area contributed by atoms with E-state index in [9.17, 15) is 8.42 Å². The number of nitrogens with zero attached hydrogens (tertiary/aromatic N) is 2. The highest BCUT2D eigenvalue weighted by Gasteiger charge is 2.21. The quantitative estimate of drug-likeness (QED) is 0.775. The average molecular weight is 272 g/mol. The molecule has 0 saturated heterocycles. The van der Waals surface area contributed by atoms with E-state index in [2.05, 4.69) is 15.1 Å². The zero-order valence-electron chi connectivity index (χ0n) is 10.8. The molecule has 1 aromatic rings. The molecule has 6 nitrogen and oxygen atoms in total. The van der Waals surface area contributed by atoms with E-state index >= 15 is 0 Å². The molecule has 2 N–H and O–H groups in total. The second-order valence-electron chi connectivity index (χ2n) is 4.95. The summed E-state index contributed by atoms with van der Waals surface area (Å²) in [6.45, 7) is 4.48. The fourth-order valence-electron chi connectivity index (χ4n) is 1.59. The van der Waals surface area contributed by atoms with Crippen LogP contribution in [0.2, 0.25) is 0 Å². The highest BCUT2D eigenvalue weighted by atomic mass is 32.2. The van der Waals surface area contributed by atoms with Crippen LogP contribution >= 0.6 is 0 Å². The van der Waals surface area contributed by atoms with Crippen molar-refractivity contribution in [3.8, 4) is 0 Å². The predicted octanol–water partition coefficient (Wildman–Crippen LogP) is 0.958. The zero-order chi connectivity index (χ0) is 13.2. The molecule has 0 spiro atoms. The molecule has 2 rings (SSSR count). The van der Waals surface area contributed by atoms with Gasteiger partial charge in [0.05, 0.1) is 17.6 Å². The normalized spacial score (nSPS) is 16.2. The Morgan fingerprint density at radius 1 is 1.50 bits per heavy atom. The molecule has 18 heavy (non-hydrogen) atoms. The van der Waals surface area contributed by atoms with Crippen LogP contribution in [0.5, 0.6) is 0 Å². The number of anilines is 1. The summed E-state index contributed by atoms with van der Waals surface area (Å²) < 4.78 is 27.8. The van der Waals surface area contributed by atoms with Crippen LogP contribution in [0.1, 0.15) is 32.7 Å². The topological polar surface area (TPSA) is 76.0 Å². The molecule has 7 heteroatoms. The standard InChI is InChI=1S/C11H20N4O2S/c1-9(2)15-8-11(7-13-15)14-18(16,17)6-5-12-10-3-4-10/h7-10,12,14H,3-6H2,1-2H3. The Labute approximate surface area is 108 Å². The van der Waals surface area contributed by atoms with Crippen molar-refractivity contribution in [3.05, 3.63) is 12.4 Å². The van der Waals surface area contributed by atoms with E-state index in [1.165, 1.54) is 6.20 Å². The molecule has 1 fully saturated rings. The molecule has 0 aliphatic heterocycles. The van der Waals surface area contributed by atoms with E-state index in [1.807, 2.05) is 13.8 Å². The Morgan fingerprint density at radius 2 is 2.22 bits per heavy atom. The minimum absolute atomic E-state index is 0.0936. The number of sulfonamides is 1. The van der Waals surface area contributed by atoms with Crippen LogP contribution in [0, 0.1) is 0 Å². The molecule has 0 amide bonds. The van der Waals surface area contributed by atoms with Gasteiger partial charge >= 0.3 is 0 Å². The third-order valence-corrected chi connectivity index (χ3v) is 4.07. The summed E-state index contributed by atoms with van der Waals surface area (Å²) in [4.78, 5) is 0. The summed E-state index contributed by atoms with van der Waals surface area (Å²) >= 11 is 0. The molecule has 1 heterocycles. The largest absolute Gasteiger partial charge is 0.313 e. The summed E-state index contributed by atoms with van der Waals surface area (Å²) in [6, 6.07) is 0.753. The first-order valence-corrected chi connectivity index (χ1v) is 7.89. The van der Waals surface area contributed by atoms with Crippen molar-refractivity contribution in [2.45, 2.75) is 38.8 Å². The van der Waals surface area contributed by atoms with Crippen molar-refractivity contribution in [2.24, 2.45) is 0 Å². The van der Waals surface area contributed by atoms with Crippen LogP contribution in [-0.4, -0.2) is 36.5 Å². The highest BCUT2D eigenvalue weighted by molar-refractivity contribution is 7.92. The molecule has 0 unspecified atom stereocenters. The van der Waals surface area contributed by atoms with Crippen molar-refractivity contribution in [2.75, 3.05) is 17.0 Å². The zero-order valence-corrected chi connectivity index (χ0v) is 11.6. The highest BCUT2D eigenvalue weighted by Crippen LogP contribution is 2.18. The van der Waals surface area contributed by atoms with Gasteiger partial charge in [-0.15, -0.1) is 0 Å². The van der Waals surface area contributed by atoms with Gasteiger partial charge in [-0.3, -0.25) is 9.40 Å². The van der Waals surface area contributed by atoms with Gasteiger partial charge in [0.2, 0.25) is 10.0 Å². The third-order valence-electron chi connectivity index (χ3n) is 2.79. The lowest BCUT2D eigenvalue weighted by molar-refractivity contribution is 0.532. The van der Waals surface area contributed by atoms with E-state index < -0.39 is 10.0 Å². The lowest BCUT2D eigenvalue weighted by atomic mass is 10.4. The summed E-state index contributed by atoms with van der Waals surface area (Å²) in [5, 5.41) is 7.27. The van der Waals surface area contributed by atoms with Crippen molar-refractivity contribution < 1.29 is 8.42 Å². The van der Waals surface area contributed by atoms with Crippen molar-refractivity contribution in [1.82, 2.24) is 15.1 Å². The van der Waals surface area contributed by atoms with Crippen molar-refractivity contribution >= 4 is 15.7 Å². The van der Waals surface area contributed by atoms with Gasteiger partial charge in [-0.05, 0) is 26.7 Å². The lowest BCUT2D eigenvalue weighted by Gasteiger charge is -2.07. The molecule has 1 saturated carbocycles. The van der Waals surface area contributed by atoms with E-state index in [4.69, 9.17) is 0 Å². The first kappa shape index (κ1) is 13.4. The number of aromatic nitrogens is 2. The fourth-order valence-corrected chi connectivity index (χ4v) is 2.54. The molecule has 0 atom stereocenters. The second kappa shape index (κ2) is 5.27. The summed E-state index contributed by atoms with van der Waals surface area (Å²) in [6.07, 6.45) is 5.56. The molecular formula is C11H20N4O2S. The maximum absolute atomic E-state index is 11.8. The van der Waals surface area contributed by atoms with Gasteiger partial charge in [0.25, 0.3) is 0 Å². The van der Waals surface area contributed by atoms with Crippen molar-refractivity contribution in [1.29, 1.82) is 0 Å². The molecule has 0 aromatic carbocycles. The van der Waals surface area contributed by atoms with Gasteiger partial charge in [-0.25, -0.2) is 8.42 Å². The lowest BCUT2D eigenvalue weighted by Crippen LogP contribution is -2.27. The van der Waals surface area contributed by atoms with Crippen LogP contribution in [-0.2, 0) is 10.0 Å². The number of hydrogen-bond acceptors (Lipinski definition) is 4. The predicted molar refractivity (Wildman–Crippen MR) is 71.0 cm³/mol. The van der Waals surface area contributed by atoms with E-state index in [0.29, 0.717) is 18.3 Å². The summed E-state index contributed by atoms with van der Waals surface area (Å²) in [5.74, 6) is 0.0936. The number of rotatable bonds is 7. The first-order chi connectivity index (χ1) is 8.46. The maximum Gasteiger partial charge on any atom is 0.234 e. The van der Waals surface area contributed by atoms with Crippen LogP contribution in [0.4, 0.5) is 5.69 Å². The smallest absolute Gasteiger partial charge is 0.234 e. The van der Waals surface area contributed by atoms with Gasteiger partial charge in [-0.2, -0.15) is 5.10 Å². The molecule has 0 radical (unpaired) electrons. The SMILES string of the molecule is CC(C)n1cc(NS(=O)(=O)CCNC2CC2)cn1. The Kier molecular flexibility index (Phi) is 3.91. The van der Waals surface area contributed by atoms with Crippen LogP contribution in [0.15, 0.2) is 12.4 Å². The molecule has 1 aromatic heterocycles. The minimum atomic E-state index is -3.28. The number of hydrogen-bond donors (Lipinski definition) is 2. The van der Waals surface area contributed by atoms with Crippen LogP contribution in [0.25, 0.3) is 0 Å². The Bertz CT molecular complexity index is 491. The van der Waals surface area contributed by atoms with Crippen LogP contribution in [0.3, 0.4) is 0 Å². The first-order valence-electron chi connectivity index (χ1n) is 6.24. The van der Waals surface area contributed by atoms with E-state index in [1.54, 1.807) is 10.9 Å². The fraction of sp³-hybridized carbons (Fsp3) is 0.727. The molecule has 1 aliphatic carbocycles. The van der Waals surface area contributed by atoms with Gasteiger partial charge in [0.1, 0.15) is 0 Å². The van der Waals surface area contributed by atoms with Gasteiger partial charge in [-0.1, -0.05) is 0 Å². The maximum atomic E-state index is 11.8. The molecule has 1 aliphatic rings. The third kappa shape index (κ3) is 3.99. The minimum Gasteiger partial charge on any atom is -0.313 e. The van der Waals surface area contributed by atoms with E-state index in [-0.39, 0.29) is 11.8 Å². The number of nitrogens with one attached hydrogen (secondary N) is 2. The van der Waals surface area contributed by atoms with E-state index in [0.717, 1.165) is 12.8 Å². The Balaban J connectivity index is 1.85. The van der Waals surface area contributed by atoms with Gasteiger partial charge < -0.3 is 5.32 Å². The summed E-state index contributed by atoms with van der Waals surface area (Å²) in [5.41, 5.74) is 0.523. The molecule has 0 bridgehead atoms.